The van der Waals surface area contributed by atoms with E-state index >= 15 is 0 Å². The molecular formula is C11H9N3O2S. The third-order valence-corrected chi connectivity index (χ3v) is 2.75. The molecule has 1 rings (SSSR count). The van der Waals surface area contributed by atoms with E-state index in [1.54, 1.807) is 11.4 Å². The third-order valence-electron chi connectivity index (χ3n) is 1.85. The summed E-state index contributed by atoms with van der Waals surface area (Å²) in [6, 6.07) is 5.47. The fraction of sp³-hybridized carbons (Fsp3) is 0.182. The average Bonchev–Trinajstić information content (AvgIpc) is 2.81. The summed E-state index contributed by atoms with van der Waals surface area (Å²) in [5, 5.41) is 21.7. The van der Waals surface area contributed by atoms with Gasteiger partial charge in [0.1, 0.15) is 4.88 Å². The number of rotatable bonds is 4. The van der Waals surface area contributed by atoms with E-state index in [1.165, 1.54) is 24.6 Å². The number of thiophene rings is 1. The minimum Gasteiger partial charge on any atom is -0.465 e. The van der Waals surface area contributed by atoms with E-state index in [0.29, 0.717) is 16.1 Å². The van der Waals surface area contributed by atoms with Crippen molar-refractivity contribution < 1.29 is 9.53 Å². The number of ether oxygens (including phenoxy) is 1. The molecule has 0 atom stereocenters. The van der Waals surface area contributed by atoms with Crippen LogP contribution in [0.2, 0.25) is 0 Å². The van der Waals surface area contributed by atoms with Crippen molar-refractivity contribution in [3.63, 3.8) is 0 Å². The van der Waals surface area contributed by atoms with E-state index in [2.05, 4.69) is 10.1 Å². The molecule has 0 aliphatic carbocycles. The molecule has 6 heteroatoms. The van der Waals surface area contributed by atoms with Crippen LogP contribution >= 0.6 is 11.3 Å². The van der Waals surface area contributed by atoms with Crippen LogP contribution in [0.25, 0.3) is 0 Å². The lowest BCUT2D eigenvalue weighted by atomic mass is 10.2. The predicted molar refractivity (Wildman–Crippen MR) is 63.2 cm³/mol. The van der Waals surface area contributed by atoms with Gasteiger partial charge in [-0.3, -0.25) is 0 Å². The molecule has 1 N–H and O–H groups in total. The molecule has 0 radical (unpaired) electrons. The van der Waals surface area contributed by atoms with E-state index in [-0.39, 0.29) is 6.42 Å². The zero-order valence-corrected chi connectivity index (χ0v) is 9.87. The summed E-state index contributed by atoms with van der Waals surface area (Å²) >= 11 is 1.24. The van der Waals surface area contributed by atoms with Crippen LogP contribution in [-0.2, 0) is 4.74 Å². The molecule has 86 valence electrons. The maximum Gasteiger partial charge on any atom is 0.350 e. The van der Waals surface area contributed by atoms with Crippen LogP contribution < -0.4 is 5.32 Å². The number of methoxy groups -OCH3 is 1. The molecule has 0 spiro atoms. The molecule has 1 aromatic heterocycles. The van der Waals surface area contributed by atoms with Crippen molar-refractivity contribution in [3.8, 4) is 12.1 Å². The minimum atomic E-state index is -0.435. The number of hydrogen-bond acceptors (Lipinski definition) is 6. The number of nitriles is 2. The van der Waals surface area contributed by atoms with Gasteiger partial charge < -0.3 is 10.1 Å². The topological polar surface area (TPSA) is 85.9 Å². The van der Waals surface area contributed by atoms with Gasteiger partial charge in [-0.25, -0.2) is 4.79 Å². The van der Waals surface area contributed by atoms with Crippen LogP contribution in [0.1, 0.15) is 16.1 Å². The number of nitrogens with one attached hydrogen (secondary N) is 1. The molecule has 0 fully saturated rings. The van der Waals surface area contributed by atoms with Crippen LogP contribution in [0.3, 0.4) is 0 Å². The largest absolute Gasteiger partial charge is 0.465 e. The van der Waals surface area contributed by atoms with Crippen molar-refractivity contribution in [2.45, 2.75) is 6.42 Å². The molecule has 0 bridgehead atoms. The first-order valence-electron chi connectivity index (χ1n) is 4.61. The van der Waals surface area contributed by atoms with Gasteiger partial charge in [-0.1, -0.05) is 0 Å². The smallest absolute Gasteiger partial charge is 0.350 e. The summed E-state index contributed by atoms with van der Waals surface area (Å²) in [5.74, 6) is -0.435. The third kappa shape index (κ3) is 3.33. The fourth-order valence-electron chi connectivity index (χ4n) is 1.05. The van der Waals surface area contributed by atoms with E-state index < -0.39 is 5.97 Å². The zero-order valence-electron chi connectivity index (χ0n) is 9.06. The van der Waals surface area contributed by atoms with Gasteiger partial charge in [0, 0.05) is 6.20 Å². The number of anilines is 1. The standard InChI is InChI=1S/C11H9N3O2S/c1-16-11(15)10-9(3-5-17-10)14-7-8(6-13)2-4-12/h3,5,7,14H,2H2,1H3/b8-7+. The number of allylic oxidation sites excluding steroid dienone is 1. The second kappa shape index (κ2) is 6.31. The van der Waals surface area contributed by atoms with Crippen molar-refractivity contribution >= 4 is 23.0 Å². The number of nitrogens with zero attached hydrogens (tertiary/aromatic N) is 2. The predicted octanol–water partition coefficient (Wildman–Crippen LogP) is 2.27. The number of carbonyl (C=O) groups excluding carboxylic acids is 1. The molecule has 0 aromatic carbocycles. The highest BCUT2D eigenvalue weighted by Gasteiger charge is 2.12. The van der Waals surface area contributed by atoms with Crippen LogP contribution in [-0.4, -0.2) is 13.1 Å². The Kier molecular flexibility index (Phi) is 4.74. The van der Waals surface area contributed by atoms with Crippen molar-refractivity contribution in [1.29, 1.82) is 10.5 Å². The maximum absolute atomic E-state index is 11.3. The normalized spacial score (nSPS) is 10.2. The van der Waals surface area contributed by atoms with Gasteiger partial charge in [0.25, 0.3) is 0 Å². The molecule has 0 amide bonds. The monoisotopic (exact) mass is 247 g/mol. The molecular weight excluding hydrogens is 238 g/mol. The van der Waals surface area contributed by atoms with Crippen LogP contribution in [0, 0.1) is 22.7 Å². The summed E-state index contributed by atoms with van der Waals surface area (Å²) in [5.41, 5.74) is 0.863. The molecule has 1 heterocycles. The molecule has 17 heavy (non-hydrogen) atoms. The Labute approximate surface area is 103 Å². The summed E-state index contributed by atoms with van der Waals surface area (Å²) in [4.78, 5) is 11.8. The molecule has 0 saturated carbocycles. The lowest BCUT2D eigenvalue weighted by Gasteiger charge is -2.01. The first kappa shape index (κ1) is 12.8. The highest BCUT2D eigenvalue weighted by Crippen LogP contribution is 2.23. The quantitative estimate of drug-likeness (QED) is 0.651. The Morgan fingerprint density at radius 1 is 1.65 bits per heavy atom. The Balaban J connectivity index is 2.83. The maximum atomic E-state index is 11.3. The summed E-state index contributed by atoms with van der Waals surface area (Å²) in [6.45, 7) is 0. The van der Waals surface area contributed by atoms with Crippen molar-refractivity contribution in [2.75, 3.05) is 12.4 Å². The molecule has 0 saturated heterocycles. The molecule has 5 nitrogen and oxygen atoms in total. The van der Waals surface area contributed by atoms with Gasteiger partial charge in [-0.2, -0.15) is 10.5 Å². The SMILES string of the molecule is COC(=O)c1sccc1N/C=C(/C#N)CC#N. The molecule has 0 aliphatic rings. The Morgan fingerprint density at radius 2 is 2.41 bits per heavy atom. The van der Waals surface area contributed by atoms with Gasteiger partial charge >= 0.3 is 5.97 Å². The molecule has 0 aliphatic heterocycles. The number of esters is 1. The van der Waals surface area contributed by atoms with Crippen LogP contribution in [0.15, 0.2) is 23.2 Å². The van der Waals surface area contributed by atoms with Gasteiger partial charge in [-0.15, -0.1) is 11.3 Å². The van der Waals surface area contributed by atoms with E-state index in [9.17, 15) is 4.79 Å². The van der Waals surface area contributed by atoms with Gasteiger partial charge in [0.15, 0.2) is 0 Å². The Bertz CT molecular complexity index is 520. The van der Waals surface area contributed by atoms with Crippen LogP contribution in [0.5, 0.6) is 0 Å². The molecule has 1 aromatic rings. The summed E-state index contributed by atoms with van der Waals surface area (Å²) in [7, 11) is 1.30. The van der Waals surface area contributed by atoms with Gasteiger partial charge in [0.2, 0.25) is 0 Å². The highest BCUT2D eigenvalue weighted by atomic mass is 32.1. The van der Waals surface area contributed by atoms with Gasteiger partial charge in [0.05, 0.1) is 36.9 Å². The Morgan fingerprint density at radius 3 is 3.00 bits per heavy atom. The molecule has 0 unspecified atom stereocenters. The summed E-state index contributed by atoms with van der Waals surface area (Å²) in [6.07, 6.45) is 1.44. The second-order valence-corrected chi connectivity index (χ2v) is 3.83. The first-order valence-corrected chi connectivity index (χ1v) is 5.49. The first-order chi connectivity index (χ1) is 8.22. The highest BCUT2D eigenvalue weighted by molar-refractivity contribution is 7.12. The van der Waals surface area contributed by atoms with Crippen molar-refractivity contribution in [1.82, 2.24) is 0 Å². The van der Waals surface area contributed by atoms with Crippen LogP contribution in [0.4, 0.5) is 5.69 Å². The average molecular weight is 247 g/mol. The number of hydrogen-bond donors (Lipinski definition) is 1. The second-order valence-electron chi connectivity index (χ2n) is 2.92. The lowest BCUT2D eigenvalue weighted by Crippen LogP contribution is -2.01. The number of carbonyl (C=O) groups is 1. The Hall–Kier alpha value is -2.31. The zero-order chi connectivity index (χ0) is 12.7. The van der Waals surface area contributed by atoms with E-state index in [4.69, 9.17) is 10.5 Å². The van der Waals surface area contributed by atoms with Gasteiger partial charge in [-0.05, 0) is 11.4 Å². The van der Waals surface area contributed by atoms with E-state index in [1.807, 2.05) is 12.1 Å². The van der Waals surface area contributed by atoms with E-state index in [0.717, 1.165) is 0 Å². The lowest BCUT2D eigenvalue weighted by molar-refractivity contribution is 0.0607. The fourth-order valence-corrected chi connectivity index (χ4v) is 1.82. The van der Waals surface area contributed by atoms with Crippen molar-refractivity contribution in [3.05, 3.63) is 28.1 Å². The van der Waals surface area contributed by atoms with Crippen molar-refractivity contribution in [2.24, 2.45) is 0 Å². The minimum absolute atomic E-state index is 0.0290. The summed E-state index contributed by atoms with van der Waals surface area (Å²) < 4.78 is 4.61.